The molecule has 0 unspecified atom stereocenters. The number of nitrogens with one attached hydrogen (secondary N) is 1. The lowest BCUT2D eigenvalue weighted by Crippen LogP contribution is -2.22. The van der Waals surface area contributed by atoms with Crippen LogP contribution in [0.25, 0.3) is 0 Å². The molecule has 0 saturated heterocycles. The first-order valence-electron chi connectivity index (χ1n) is 6.25. The monoisotopic (exact) mass is 273 g/mol. The summed E-state index contributed by atoms with van der Waals surface area (Å²) in [5.74, 6) is -0.0764. The third kappa shape index (κ3) is 4.11. The van der Waals surface area contributed by atoms with E-state index in [2.05, 4.69) is 5.32 Å². The van der Waals surface area contributed by atoms with Gasteiger partial charge in [0.25, 0.3) is 0 Å². The van der Waals surface area contributed by atoms with Gasteiger partial charge in [-0.25, -0.2) is 0 Å². The van der Waals surface area contributed by atoms with Crippen LogP contribution >= 0.6 is 11.6 Å². The lowest BCUT2D eigenvalue weighted by molar-refractivity contribution is -0.119. The van der Waals surface area contributed by atoms with Crippen LogP contribution in [0.1, 0.15) is 12.5 Å². The molecule has 1 amide bonds. The summed E-state index contributed by atoms with van der Waals surface area (Å²) in [5.41, 5.74) is 1.90. The molecule has 1 atom stereocenters. The normalized spacial score (nSPS) is 11.9. The van der Waals surface area contributed by atoms with Crippen molar-refractivity contribution in [3.05, 3.63) is 65.2 Å². The van der Waals surface area contributed by atoms with Gasteiger partial charge in [-0.15, -0.1) is 0 Å². The highest BCUT2D eigenvalue weighted by Gasteiger charge is 2.13. The van der Waals surface area contributed by atoms with Crippen molar-refractivity contribution >= 4 is 23.2 Å². The minimum absolute atomic E-state index is 0.00567. The zero-order valence-electron chi connectivity index (χ0n) is 10.8. The summed E-state index contributed by atoms with van der Waals surface area (Å²) in [6, 6.07) is 17.2. The maximum Gasteiger partial charge on any atom is 0.227 e. The van der Waals surface area contributed by atoms with Crippen molar-refractivity contribution in [3.63, 3.8) is 0 Å². The lowest BCUT2D eigenvalue weighted by Gasteiger charge is -2.12. The first-order valence-corrected chi connectivity index (χ1v) is 6.63. The maximum atomic E-state index is 12.1. The fraction of sp³-hybridized carbons (Fsp3) is 0.188. The Balaban J connectivity index is 1.96. The summed E-state index contributed by atoms with van der Waals surface area (Å²) in [4.78, 5) is 12.1. The van der Waals surface area contributed by atoms with Crippen molar-refractivity contribution in [2.75, 3.05) is 5.32 Å². The average molecular weight is 274 g/mol. The van der Waals surface area contributed by atoms with Crippen LogP contribution in [0.2, 0.25) is 5.02 Å². The van der Waals surface area contributed by atoms with Crippen LogP contribution in [0.4, 0.5) is 5.69 Å². The van der Waals surface area contributed by atoms with E-state index in [4.69, 9.17) is 11.6 Å². The van der Waals surface area contributed by atoms with Gasteiger partial charge in [-0.3, -0.25) is 4.79 Å². The van der Waals surface area contributed by atoms with E-state index in [1.54, 1.807) is 12.1 Å². The van der Waals surface area contributed by atoms with Gasteiger partial charge in [0.1, 0.15) is 0 Å². The Morgan fingerprint density at radius 3 is 2.58 bits per heavy atom. The molecule has 2 rings (SSSR count). The molecule has 0 aliphatic heterocycles. The first kappa shape index (κ1) is 13.6. The Kier molecular flexibility index (Phi) is 4.58. The van der Waals surface area contributed by atoms with E-state index in [9.17, 15) is 4.79 Å². The third-order valence-electron chi connectivity index (χ3n) is 2.92. The quantitative estimate of drug-likeness (QED) is 0.890. The molecule has 0 heterocycles. The Morgan fingerprint density at radius 2 is 1.89 bits per heavy atom. The number of rotatable bonds is 4. The van der Waals surface area contributed by atoms with Gasteiger partial charge in [0, 0.05) is 16.6 Å². The molecule has 19 heavy (non-hydrogen) atoms. The summed E-state index contributed by atoms with van der Waals surface area (Å²) >= 11 is 5.89. The highest BCUT2D eigenvalue weighted by molar-refractivity contribution is 6.30. The Morgan fingerprint density at radius 1 is 1.16 bits per heavy atom. The molecule has 1 N–H and O–H groups in total. The van der Waals surface area contributed by atoms with Crippen molar-refractivity contribution in [1.29, 1.82) is 0 Å². The third-order valence-corrected chi connectivity index (χ3v) is 3.16. The first-order chi connectivity index (χ1) is 9.15. The number of carbonyl (C=O) groups is 1. The van der Waals surface area contributed by atoms with Crippen LogP contribution in [0, 0.1) is 5.92 Å². The van der Waals surface area contributed by atoms with Crippen LogP contribution in [0.15, 0.2) is 54.6 Å². The molecule has 2 aromatic carbocycles. The van der Waals surface area contributed by atoms with E-state index in [-0.39, 0.29) is 11.8 Å². The van der Waals surface area contributed by atoms with E-state index in [1.165, 1.54) is 0 Å². The molecule has 3 heteroatoms. The summed E-state index contributed by atoms with van der Waals surface area (Å²) in [5, 5.41) is 3.50. The smallest absolute Gasteiger partial charge is 0.227 e. The fourth-order valence-corrected chi connectivity index (χ4v) is 2.08. The molecule has 2 aromatic rings. The zero-order chi connectivity index (χ0) is 13.7. The van der Waals surface area contributed by atoms with Crippen LogP contribution < -0.4 is 5.32 Å². The van der Waals surface area contributed by atoms with Gasteiger partial charge in [-0.2, -0.15) is 0 Å². The molecule has 0 spiro atoms. The van der Waals surface area contributed by atoms with Gasteiger partial charge in [-0.1, -0.05) is 54.9 Å². The number of hydrogen-bond acceptors (Lipinski definition) is 1. The van der Waals surface area contributed by atoms with Gasteiger partial charge in [0.15, 0.2) is 0 Å². The molecule has 0 aliphatic rings. The van der Waals surface area contributed by atoms with Crippen molar-refractivity contribution in [2.24, 2.45) is 5.92 Å². The summed E-state index contributed by atoms with van der Waals surface area (Å²) in [6.07, 6.45) is 0.729. The number of hydrogen-bond donors (Lipinski definition) is 1. The van der Waals surface area contributed by atoms with Crippen LogP contribution in [-0.2, 0) is 11.2 Å². The second kappa shape index (κ2) is 6.39. The van der Waals surface area contributed by atoms with Crippen molar-refractivity contribution in [3.8, 4) is 0 Å². The Labute approximate surface area is 118 Å². The second-order valence-electron chi connectivity index (χ2n) is 4.59. The average Bonchev–Trinajstić information content (AvgIpc) is 2.40. The zero-order valence-corrected chi connectivity index (χ0v) is 11.5. The van der Waals surface area contributed by atoms with E-state index >= 15 is 0 Å². The summed E-state index contributed by atoms with van der Waals surface area (Å²) in [6.45, 7) is 1.92. The van der Waals surface area contributed by atoms with E-state index < -0.39 is 0 Å². The van der Waals surface area contributed by atoms with Gasteiger partial charge >= 0.3 is 0 Å². The van der Waals surface area contributed by atoms with Gasteiger partial charge < -0.3 is 5.32 Å². The molecule has 98 valence electrons. The predicted molar refractivity (Wildman–Crippen MR) is 79.4 cm³/mol. The molecule has 0 saturated carbocycles. The molecule has 0 aromatic heterocycles. The molecular formula is C16H16ClNO. The van der Waals surface area contributed by atoms with Crippen LogP contribution in [-0.4, -0.2) is 5.91 Å². The number of anilines is 1. The number of amides is 1. The number of halogens is 1. The molecule has 0 aliphatic carbocycles. The molecule has 0 fully saturated rings. The van der Waals surface area contributed by atoms with Gasteiger partial charge in [-0.05, 0) is 30.2 Å². The van der Waals surface area contributed by atoms with E-state index in [0.717, 1.165) is 17.7 Å². The summed E-state index contributed by atoms with van der Waals surface area (Å²) in [7, 11) is 0. The fourth-order valence-electron chi connectivity index (χ4n) is 1.89. The maximum absolute atomic E-state index is 12.1. The molecule has 0 bridgehead atoms. The Bertz CT molecular complexity index is 554. The molecule has 2 nitrogen and oxygen atoms in total. The second-order valence-corrected chi connectivity index (χ2v) is 5.03. The van der Waals surface area contributed by atoms with Crippen LogP contribution in [0.3, 0.4) is 0 Å². The van der Waals surface area contributed by atoms with Gasteiger partial charge in [0.2, 0.25) is 5.91 Å². The highest BCUT2D eigenvalue weighted by Crippen LogP contribution is 2.16. The number of benzene rings is 2. The molecular weight excluding hydrogens is 258 g/mol. The highest BCUT2D eigenvalue weighted by atomic mass is 35.5. The van der Waals surface area contributed by atoms with Crippen molar-refractivity contribution < 1.29 is 4.79 Å². The SMILES string of the molecule is C[C@@H](Cc1ccccc1)C(=O)Nc1cccc(Cl)c1. The Hall–Kier alpha value is -1.80. The standard InChI is InChI=1S/C16H16ClNO/c1-12(10-13-6-3-2-4-7-13)16(19)18-15-9-5-8-14(17)11-15/h2-9,11-12H,10H2,1H3,(H,18,19)/t12-/m0/s1. The largest absolute Gasteiger partial charge is 0.326 e. The topological polar surface area (TPSA) is 29.1 Å². The van der Waals surface area contributed by atoms with Gasteiger partial charge in [0.05, 0.1) is 0 Å². The van der Waals surface area contributed by atoms with Crippen LogP contribution in [0.5, 0.6) is 0 Å². The van der Waals surface area contributed by atoms with Crippen molar-refractivity contribution in [2.45, 2.75) is 13.3 Å². The minimum Gasteiger partial charge on any atom is -0.326 e. The minimum atomic E-state index is -0.0821. The summed E-state index contributed by atoms with van der Waals surface area (Å²) < 4.78 is 0. The van der Waals surface area contributed by atoms with E-state index in [0.29, 0.717) is 5.02 Å². The van der Waals surface area contributed by atoms with E-state index in [1.807, 2.05) is 49.4 Å². The lowest BCUT2D eigenvalue weighted by atomic mass is 10.0. The number of carbonyl (C=O) groups excluding carboxylic acids is 1. The predicted octanol–water partition coefficient (Wildman–Crippen LogP) is 4.16. The molecule has 0 radical (unpaired) electrons. The van der Waals surface area contributed by atoms with Crippen molar-refractivity contribution in [1.82, 2.24) is 0 Å².